The molecule has 9 nitrogen and oxygen atoms in total. The molecule has 1 unspecified atom stereocenters. The van der Waals surface area contributed by atoms with Crippen molar-refractivity contribution in [2.45, 2.75) is 11.7 Å². The Morgan fingerprint density at radius 1 is 1.11 bits per heavy atom. The van der Waals surface area contributed by atoms with Crippen molar-refractivity contribution in [3.63, 3.8) is 0 Å². The van der Waals surface area contributed by atoms with Crippen molar-refractivity contribution in [1.82, 2.24) is 10.1 Å². The molecule has 0 aromatic carbocycles. The number of rotatable bonds is 6. The monoisotopic (exact) mass is 284 g/mol. The number of nitrogens with zero attached hydrogens (tertiary/aromatic N) is 2. The lowest BCUT2D eigenvalue weighted by atomic mass is 10.3. The van der Waals surface area contributed by atoms with Gasteiger partial charge in [-0.2, -0.15) is 8.42 Å². The molecule has 0 aliphatic carbocycles. The van der Waals surface area contributed by atoms with Gasteiger partial charge >= 0.3 is 11.9 Å². The molecule has 106 valence electrons. The average molecular weight is 284 g/mol. The van der Waals surface area contributed by atoms with E-state index in [-0.39, 0.29) is 0 Å². The summed E-state index contributed by atoms with van der Waals surface area (Å²) >= 11 is 0. The van der Waals surface area contributed by atoms with Crippen LogP contribution in [0, 0.1) is 0 Å². The van der Waals surface area contributed by atoms with Gasteiger partial charge in [0.1, 0.15) is 0 Å². The van der Waals surface area contributed by atoms with Crippen LogP contribution < -0.4 is 0 Å². The summed E-state index contributed by atoms with van der Waals surface area (Å²) in [5.41, 5.74) is 0. The van der Waals surface area contributed by atoms with Crippen LogP contribution in [0.3, 0.4) is 0 Å². The Kier molecular flexibility index (Phi) is 6.18. The molecule has 0 aliphatic rings. The minimum absolute atomic E-state index is 0.844. The van der Waals surface area contributed by atoms with Gasteiger partial charge in [-0.05, 0) is 0 Å². The van der Waals surface area contributed by atoms with Gasteiger partial charge < -0.3 is 9.68 Å². The maximum atomic E-state index is 11.4. The van der Waals surface area contributed by atoms with Gasteiger partial charge in [-0.25, -0.2) is 4.79 Å². The van der Waals surface area contributed by atoms with Crippen LogP contribution in [0.15, 0.2) is 0 Å². The van der Waals surface area contributed by atoms with E-state index in [1.165, 1.54) is 28.2 Å². The van der Waals surface area contributed by atoms with Crippen molar-refractivity contribution in [2.24, 2.45) is 0 Å². The van der Waals surface area contributed by atoms with Gasteiger partial charge in [-0.15, -0.1) is 10.1 Å². The first kappa shape index (κ1) is 16.8. The standard InChI is InChI=1S/C8H16N2O7S/c1-9(2)16-7(11)5-6(18(13,14)15)8(12)17-10(3)4/h6H,5H2,1-4H3,(H,13,14,15). The quantitative estimate of drug-likeness (QED) is 0.468. The second-order valence-corrected chi connectivity index (χ2v) is 5.31. The highest BCUT2D eigenvalue weighted by Crippen LogP contribution is 2.09. The number of carbonyl (C=O) groups is 2. The first-order valence-corrected chi connectivity index (χ1v) is 6.28. The van der Waals surface area contributed by atoms with E-state index in [9.17, 15) is 18.0 Å². The van der Waals surface area contributed by atoms with E-state index >= 15 is 0 Å². The van der Waals surface area contributed by atoms with Crippen molar-refractivity contribution >= 4 is 22.1 Å². The number of carbonyl (C=O) groups excluding carboxylic acids is 2. The SMILES string of the molecule is CN(C)OC(=O)CC(C(=O)ON(C)C)S(=O)(=O)O. The predicted molar refractivity (Wildman–Crippen MR) is 59.5 cm³/mol. The van der Waals surface area contributed by atoms with Crippen molar-refractivity contribution in [3.8, 4) is 0 Å². The predicted octanol–water partition coefficient (Wildman–Crippen LogP) is -1.33. The van der Waals surface area contributed by atoms with E-state index in [4.69, 9.17) is 4.55 Å². The summed E-state index contributed by atoms with van der Waals surface area (Å²) in [5.74, 6) is -2.25. The third-order valence-corrected chi connectivity index (χ3v) is 2.61. The van der Waals surface area contributed by atoms with Gasteiger partial charge in [0, 0.05) is 28.2 Å². The van der Waals surface area contributed by atoms with E-state index in [0.29, 0.717) is 0 Å². The van der Waals surface area contributed by atoms with Crippen molar-refractivity contribution in [2.75, 3.05) is 28.2 Å². The summed E-state index contributed by atoms with van der Waals surface area (Å²) in [6, 6.07) is 0. The lowest BCUT2D eigenvalue weighted by Gasteiger charge is -2.16. The Morgan fingerprint density at radius 2 is 1.56 bits per heavy atom. The Balaban J connectivity index is 4.82. The largest absolute Gasteiger partial charge is 0.368 e. The zero-order valence-electron chi connectivity index (χ0n) is 10.5. The normalized spacial score (nSPS) is 13.5. The zero-order valence-corrected chi connectivity index (χ0v) is 11.3. The van der Waals surface area contributed by atoms with Crippen LogP contribution in [0.1, 0.15) is 6.42 Å². The highest BCUT2D eigenvalue weighted by atomic mass is 32.2. The van der Waals surface area contributed by atoms with Crippen LogP contribution in [0.5, 0.6) is 0 Å². The van der Waals surface area contributed by atoms with E-state index in [0.717, 1.165) is 10.1 Å². The second kappa shape index (κ2) is 6.64. The minimum atomic E-state index is -4.76. The first-order valence-electron chi connectivity index (χ1n) is 4.77. The Hall–Kier alpha value is -1.23. The minimum Gasteiger partial charge on any atom is -0.368 e. The smallest absolute Gasteiger partial charge is 0.346 e. The molecule has 0 radical (unpaired) electrons. The Bertz CT molecular complexity index is 404. The molecule has 0 aromatic rings. The maximum absolute atomic E-state index is 11.4. The molecule has 0 rings (SSSR count). The summed E-state index contributed by atoms with van der Waals surface area (Å²) < 4.78 is 30.9. The Morgan fingerprint density at radius 3 is 1.89 bits per heavy atom. The molecule has 0 amide bonds. The molecule has 0 saturated carbocycles. The summed E-state index contributed by atoms with van der Waals surface area (Å²) in [6.45, 7) is 0. The van der Waals surface area contributed by atoms with Crippen LogP contribution in [0.4, 0.5) is 0 Å². The van der Waals surface area contributed by atoms with Crippen LogP contribution >= 0.6 is 0 Å². The molecule has 10 heteroatoms. The molecular weight excluding hydrogens is 268 g/mol. The lowest BCUT2D eigenvalue weighted by molar-refractivity contribution is -0.185. The first-order chi connectivity index (χ1) is 8.04. The van der Waals surface area contributed by atoms with Gasteiger partial charge in [-0.3, -0.25) is 9.35 Å². The van der Waals surface area contributed by atoms with Crippen molar-refractivity contribution in [1.29, 1.82) is 0 Å². The molecular formula is C8H16N2O7S. The summed E-state index contributed by atoms with van der Waals surface area (Å²) in [7, 11) is 0.730. The molecule has 18 heavy (non-hydrogen) atoms. The maximum Gasteiger partial charge on any atom is 0.346 e. The third kappa shape index (κ3) is 6.49. The van der Waals surface area contributed by atoms with E-state index in [1.807, 2.05) is 0 Å². The van der Waals surface area contributed by atoms with E-state index < -0.39 is 33.7 Å². The molecule has 0 bridgehead atoms. The van der Waals surface area contributed by atoms with Gasteiger partial charge in [0.25, 0.3) is 10.1 Å². The Labute approximate surface area is 105 Å². The second-order valence-electron chi connectivity index (χ2n) is 3.71. The molecule has 0 fully saturated rings. The van der Waals surface area contributed by atoms with Crippen molar-refractivity contribution in [3.05, 3.63) is 0 Å². The fraction of sp³-hybridized carbons (Fsp3) is 0.750. The molecule has 0 aromatic heterocycles. The molecule has 0 heterocycles. The number of hydroxylamine groups is 4. The van der Waals surface area contributed by atoms with Crippen LogP contribution in [-0.4, -0.2) is 68.5 Å². The van der Waals surface area contributed by atoms with Crippen LogP contribution in [0.25, 0.3) is 0 Å². The third-order valence-electron chi connectivity index (χ3n) is 1.53. The molecule has 1 N–H and O–H groups in total. The fourth-order valence-corrected chi connectivity index (χ4v) is 1.57. The van der Waals surface area contributed by atoms with Gasteiger partial charge in [0.05, 0.1) is 6.42 Å². The van der Waals surface area contributed by atoms with Gasteiger partial charge in [-0.1, -0.05) is 0 Å². The fourth-order valence-electron chi connectivity index (χ4n) is 0.941. The van der Waals surface area contributed by atoms with Crippen LogP contribution in [0.2, 0.25) is 0 Å². The summed E-state index contributed by atoms with van der Waals surface area (Å²) in [4.78, 5) is 31.6. The highest BCUT2D eigenvalue weighted by molar-refractivity contribution is 7.87. The van der Waals surface area contributed by atoms with Gasteiger partial charge in [0.2, 0.25) is 0 Å². The summed E-state index contributed by atoms with van der Waals surface area (Å²) in [5, 5.41) is -0.0503. The lowest BCUT2D eigenvalue weighted by Crippen LogP contribution is -2.37. The molecule has 0 spiro atoms. The van der Waals surface area contributed by atoms with Crippen molar-refractivity contribution < 1.29 is 32.2 Å². The molecule has 0 aliphatic heterocycles. The topological polar surface area (TPSA) is 113 Å². The van der Waals surface area contributed by atoms with Crippen LogP contribution in [-0.2, 0) is 29.4 Å². The number of hydrogen-bond donors (Lipinski definition) is 1. The molecule has 1 atom stereocenters. The van der Waals surface area contributed by atoms with Gasteiger partial charge in [0.15, 0.2) is 5.25 Å². The average Bonchev–Trinajstić information content (AvgIpc) is 2.09. The zero-order chi connectivity index (χ0) is 14.5. The van der Waals surface area contributed by atoms with E-state index in [1.54, 1.807) is 0 Å². The number of hydrogen-bond acceptors (Lipinski definition) is 8. The highest BCUT2D eigenvalue weighted by Gasteiger charge is 2.36. The summed E-state index contributed by atoms with van der Waals surface area (Å²) in [6.07, 6.45) is -0.844. The molecule has 0 saturated heterocycles. The van der Waals surface area contributed by atoms with E-state index in [2.05, 4.69) is 9.68 Å².